The van der Waals surface area contributed by atoms with Crippen molar-refractivity contribution >= 4 is 58.2 Å². The van der Waals surface area contributed by atoms with Gasteiger partial charge in [0, 0.05) is 36.6 Å². The highest BCUT2D eigenvalue weighted by Gasteiger charge is 2.17. The second-order valence-corrected chi connectivity index (χ2v) is 7.41. The van der Waals surface area contributed by atoms with Crippen molar-refractivity contribution in [3.8, 4) is 0 Å². The molecule has 1 heterocycles. The van der Waals surface area contributed by atoms with E-state index < -0.39 is 11.9 Å². The molecule has 2 aromatic rings. The molecule has 29 heavy (non-hydrogen) atoms. The molecule has 0 radical (unpaired) electrons. The summed E-state index contributed by atoms with van der Waals surface area (Å²) in [6, 6.07) is 4.54. The van der Waals surface area contributed by atoms with E-state index >= 15 is 0 Å². The topological polar surface area (TPSA) is 108 Å². The molecule has 8 nitrogen and oxygen atoms in total. The molecule has 0 aliphatic carbocycles. The van der Waals surface area contributed by atoms with Crippen LogP contribution in [0.5, 0.6) is 0 Å². The van der Waals surface area contributed by atoms with Crippen LogP contribution in [-0.2, 0) is 6.54 Å². The number of anilines is 2. The summed E-state index contributed by atoms with van der Waals surface area (Å²) in [4.78, 5) is 28.8. The van der Waals surface area contributed by atoms with E-state index in [0.29, 0.717) is 17.1 Å². The van der Waals surface area contributed by atoms with Crippen LogP contribution in [0.15, 0.2) is 35.0 Å². The number of benzene rings is 1. The summed E-state index contributed by atoms with van der Waals surface area (Å²) in [6.45, 7) is 2.23. The Morgan fingerprint density at radius 3 is 2.69 bits per heavy atom. The maximum Gasteiger partial charge on any atom is 0.324 e. The van der Waals surface area contributed by atoms with E-state index in [-0.39, 0.29) is 35.8 Å². The fourth-order valence-corrected chi connectivity index (χ4v) is 2.73. The van der Waals surface area contributed by atoms with Gasteiger partial charge in [0.15, 0.2) is 5.82 Å². The quantitative estimate of drug-likeness (QED) is 0.448. The summed E-state index contributed by atoms with van der Waals surface area (Å²) in [5.41, 5.74) is 1.38. The molecule has 0 saturated heterocycles. The Morgan fingerprint density at radius 2 is 2.03 bits per heavy atom. The van der Waals surface area contributed by atoms with Crippen LogP contribution in [0.2, 0.25) is 5.02 Å². The van der Waals surface area contributed by atoms with Gasteiger partial charge in [0.25, 0.3) is 5.91 Å². The second-order valence-electron chi connectivity index (χ2n) is 5.97. The van der Waals surface area contributed by atoms with Crippen LogP contribution >= 0.6 is 34.8 Å². The van der Waals surface area contributed by atoms with Crippen molar-refractivity contribution < 1.29 is 14.7 Å². The first-order valence-electron chi connectivity index (χ1n) is 8.61. The van der Waals surface area contributed by atoms with Crippen LogP contribution in [-0.4, -0.2) is 39.7 Å². The number of amides is 3. The monoisotopic (exact) mass is 459 g/mol. The van der Waals surface area contributed by atoms with E-state index in [1.807, 2.05) is 6.92 Å². The number of hydrogen-bond acceptors (Lipinski definition) is 4. The molecule has 0 spiro atoms. The lowest BCUT2D eigenvalue weighted by molar-refractivity contribution is 0.0937. The molecule has 0 aliphatic heterocycles. The van der Waals surface area contributed by atoms with Crippen LogP contribution in [0.3, 0.4) is 0 Å². The molecular weight excluding hydrogens is 441 g/mol. The Kier molecular flexibility index (Phi) is 8.78. The number of aryl methyl sites for hydroxylation is 1. The number of halogens is 3. The van der Waals surface area contributed by atoms with Gasteiger partial charge >= 0.3 is 6.03 Å². The smallest absolute Gasteiger partial charge is 0.324 e. The van der Waals surface area contributed by atoms with E-state index in [4.69, 9.17) is 39.9 Å². The first-order valence-corrected chi connectivity index (χ1v) is 9.75. The van der Waals surface area contributed by atoms with Crippen molar-refractivity contribution in [3.63, 3.8) is 0 Å². The maximum atomic E-state index is 12.3. The number of allylic oxidation sites excluding steroid dienone is 1. The lowest BCUT2D eigenvalue weighted by Gasteiger charge is -2.08. The number of aliphatic hydroxyl groups is 1. The molecule has 11 heteroatoms. The van der Waals surface area contributed by atoms with Crippen molar-refractivity contribution in [2.24, 2.45) is 0 Å². The molecule has 2 rings (SSSR count). The Hall–Kier alpha value is -2.26. The first-order chi connectivity index (χ1) is 13.8. The van der Waals surface area contributed by atoms with Crippen LogP contribution in [0.1, 0.15) is 22.6 Å². The zero-order valence-electron chi connectivity index (χ0n) is 15.5. The third kappa shape index (κ3) is 7.25. The van der Waals surface area contributed by atoms with Gasteiger partial charge in [0.05, 0.1) is 0 Å². The number of nitrogens with one attached hydrogen (secondary N) is 3. The van der Waals surface area contributed by atoms with Gasteiger partial charge in [-0.3, -0.25) is 10.1 Å². The van der Waals surface area contributed by atoms with Gasteiger partial charge in [-0.15, -0.1) is 0 Å². The fourth-order valence-electron chi connectivity index (χ4n) is 2.36. The maximum absolute atomic E-state index is 12.3. The summed E-state index contributed by atoms with van der Waals surface area (Å²) in [5, 5.41) is 17.3. The molecule has 3 amide bonds. The number of nitrogens with zero attached hydrogens (tertiary/aromatic N) is 2. The summed E-state index contributed by atoms with van der Waals surface area (Å²) < 4.78 is 1.53. The number of hydrogen-bond donors (Lipinski definition) is 4. The standard InChI is InChI=1S/C18H20Cl3N5O3/c1-11-9-12(19)3-4-13(11)23-18(29)25-15-10-26(7-5-14(20)21)16(24-15)17(28)22-6-2-8-27/h3-5,9-10,27H,2,6-8H2,1H3,(H,22,28)(H2,23,25,29). The Bertz CT molecular complexity index is 910. The molecule has 0 bridgehead atoms. The van der Waals surface area contributed by atoms with E-state index in [0.717, 1.165) is 5.56 Å². The van der Waals surface area contributed by atoms with Gasteiger partial charge < -0.3 is 20.3 Å². The second kappa shape index (κ2) is 11.1. The minimum Gasteiger partial charge on any atom is -0.396 e. The Labute approximate surface area is 182 Å². The number of carbonyl (C=O) groups excluding carboxylic acids is 2. The highest BCUT2D eigenvalue weighted by atomic mass is 35.5. The largest absolute Gasteiger partial charge is 0.396 e. The number of urea groups is 1. The molecule has 0 aliphatic rings. The SMILES string of the molecule is Cc1cc(Cl)ccc1NC(=O)Nc1cn(CC=C(Cl)Cl)c(C(=O)NCCCO)n1. The van der Waals surface area contributed by atoms with Crippen LogP contribution in [0.25, 0.3) is 0 Å². The number of imidazole rings is 1. The van der Waals surface area contributed by atoms with Gasteiger partial charge in [0.2, 0.25) is 5.82 Å². The minimum atomic E-state index is -0.529. The third-order valence-electron chi connectivity index (χ3n) is 3.72. The average molecular weight is 461 g/mol. The molecule has 0 atom stereocenters. The molecule has 0 saturated carbocycles. The van der Waals surface area contributed by atoms with E-state index in [1.165, 1.54) is 16.8 Å². The van der Waals surface area contributed by atoms with Crippen molar-refractivity contribution in [1.29, 1.82) is 0 Å². The van der Waals surface area contributed by atoms with Crippen LogP contribution < -0.4 is 16.0 Å². The Balaban J connectivity index is 2.14. The number of aromatic nitrogens is 2. The van der Waals surface area contributed by atoms with Gasteiger partial charge in [-0.2, -0.15) is 0 Å². The van der Waals surface area contributed by atoms with Gasteiger partial charge in [0.1, 0.15) is 4.49 Å². The summed E-state index contributed by atoms with van der Waals surface area (Å²) >= 11 is 17.2. The van der Waals surface area contributed by atoms with Crippen LogP contribution in [0, 0.1) is 6.92 Å². The summed E-state index contributed by atoms with van der Waals surface area (Å²) in [6.07, 6.45) is 3.38. The van der Waals surface area contributed by atoms with E-state index in [9.17, 15) is 9.59 Å². The lowest BCUT2D eigenvalue weighted by Crippen LogP contribution is -2.28. The Morgan fingerprint density at radius 1 is 1.28 bits per heavy atom. The van der Waals surface area contributed by atoms with Gasteiger partial charge in [-0.05, 0) is 43.2 Å². The third-order valence-corrected chi connectivity index (χ3v) is 4.26. The predicted molar refractivity (Wildman–Crippen MR) is 115 cm³/mol. The van der Waals surface area contributed by atoms with E-state index in [2.05, 4.69) is 20.9 Å². The molecule has 0 unspecified atom stereocenters. The predicted octanol–water partition coefficient (Wildman–Crippen LogP) is 3.92. The molecule has 1 aromatic carbocycles. The first kappa shape index (κ1) is 23.0. The number of carbonyl (C=O) groups is 2. The normalized spacial score (nSPS) is 10.4. The van der Waals surface area contributed by atoms with Crippen molar-refractivity contribution in [2.45, 2.75) is 19.9 Å². The van der Waals surface area contributed by atoms with Gasteiger partial charge in [-0.25, -0.2) is 9.78 Å². The highest BCUT2D eigenvalue weighted by molar-refractivity contribution is 6.55. The fraction of sp³-hybridized carbons (Fsp3) is 0.278. The molecular formula is C18H20Cl3N5O3. The van der Waals surface area contributed by atoms with E-state index in [1.54, 1.807) is 18.2 Å². The average Bonchev–Trinajstić information content (AvgIpc) is 3.05. The number of aliphatic hydroxyl groups excluding tert-OH is 1. The molecule has 156 valence electrons. The highest BCUT2D eigenvalue weighted by Crippen LogP contribution is 2.20. The van der Waals surface area contributed by atoms with Crippen molar-refractivity contribution in [3.05, 3.63) is 51.4 Å². The zero-order valence-corrected chi connectivity index (χ0v) is 17.8. The molecule has 4 N–H and O–H groups in total. The number of rotatable bonds is 8. The van der Waals surface area contributed by atoms with Gasteiger partial charge in [-0.1, -0.05) is 34.8 Å². The summed E-state index contributed by atoms with van der Waals surface area (Å²) in [7, 11) is 0. The minimum absolute atomic E-state index is 0.0378. The summed E-state index contributed by atoms with van der Waals surface area (Å²) in [5.74, 6) is -0.230. The molecule has 0 fully saturated rings. The van der Waals surface area contributed by atoms with Crippen molar-refractivity contribution in [2.75, 3.05) is 23.8 Å². The van der Waals surface area contributed by atoms with Crippen molar-refractivity contribution in [1.82, 2.24) is 14.9 Å². The zero-order chi connectivity index (χ0) is 21.4. The molecule has 1 aromatic heterocycles. The lowest BCUT2D eigenvalue weighted by atomic mass is 10.2. The van der Waals surface area contributed by atoms with Crippen LogP contribution in [0.4, 0.5) is 16.3 Å².